The van der Waals surface area contributed by atoms with E-state index in [1.165, 1.54) is 17.1 Å². The number of ether oxygens (including phenoxy) is 1. The van der Waals surface area contributed by atoms with Gasteiger partial charge in [0.15, 0.2) is 0 Å². The SMILES string of the molecule is O=C(Cn1cnc2c(Br)ncc(Br)c2c1=O)NCCCOc1cccc(Cl)c1. The molecule has 0 saturated heterocycles. The third kappa shape index (κ3) is 5.09. The first-order valence-electron chi connectivity index (χ1n) is 8.30. The number of halogens is 3. The lowest BCUT2D eigenvalue weighted by molar-refractivity contribution is -0.121. The van der Waals surface area contributed by atoms with Crippen molar-refractivity contribution >= 4 is 60.3 Å². The molecule has 3 rings (SSSR count). The van der Waals surface area contributed by atoms with Crippen LogP contribution < -0.4 is 15.6 Å². The molecule has 0 aliphatic carbocycles. The number of rotatable bonds is 7. The van der Waals surface area contributed by atoms with Crippen LogP contribution in [0.1, 0.15) is 6.42 Å². The van der Waals surface area contributed by atoms with Crippen LogP contribution >= 0.6 is 43.5 Å². The van der Waals surface area contributed by atoms with Crippen LogP contribution in [0.15, 0.2) is 50.7 Å². The molecule has 28 heavy (non-hydrogen) atoms. The molecule has 3 aromatic rings. The van der Waals surface area contributed by atoms with Gasteiger partial charge in [0.1, 0.15) is 22.4 Å². The Bertz CT molecular complexity index is 1070. The number of hydrogen-bond acceptors (Lipinski definition) is 5. The average molecular weight is 531 g/mol. The summed E-state index contributed by atoms with van der Waals surface area (Å²) in [5.41, 5.74) is 0.119. The maximum absolute atomic E-state index is 12.6. The first kappa shape index (κ1) is 20.8. The topological polar surface area (TPSA) is 86.1 Å². The van der Waals surface area contributed by atoms with Gasteiger partial charge in [-0.2, -0.15) is 0 Å². The molecule has 10 heteroatoms. The van der Waals surface area contributed by atoms with Crippen molar-refractivity contribution in [2.24, 2.45) is 0 Å². The zero-order valence-electron chi connectivity index (χ0n) is 14.5. The van der Waals surface area contributed by atoms with Crippen molar-refractivity contribution in [3.63, 3.8) is 0 Å². The largest absolute Gasteiger partial charge is 0.493 e. The summed E-state index contributed by atoms with van der Waals surface area (Å²) in [6.07, 6.45) is 3.47. The quantitative estimate of drug-likeness (QED) is 0.373. The fourth-order valence-electron chi connectivity index (χ4n) is 2.47. The van der Waals surface area contributed by atoms with Gasteiger partial charge in [0, 0.05) is 17.8 Å². The molecule has 0 aliphatic rings. The van der Waals surface area contributed by atoms with Crippen molar-refractivity contribution in [3.8, 4) is 5.75 Å². The Morgan fingerprint density at radius 1 is 1.29 bits per heavy atom. The molecule has 2 heterocycles. The van der Waals surface area contributed by atoms with Crippen molar-refractivity contribution in [1.82, 2.24) is 19.9 Å². The number of aromatic nitrogens is 3. The van der Waals surface area contributed by atoms with Crippen LogP contribution in [0.2, 0.25) is 5.02 Å². The molecule has 0 unspecified atom stereocenters. The van der Waals surface area contributed by atoms with E-state index in [9.17, 15) is 9.59 Å². The van der Waals surface area contributed by atoms with E-state index in [2.05, 4.69) is 47.1 Å². The maximum Gasteiger partial charge on any atom is 0.262 e. The fraction of sp³-hybridized carbons (Fsp3) is 0.222. The second kappa shape index (κ2) is 9.49. The molecule has 0 radical (unpaired) electrons. The van der Waals surface area contributed by atoms with Gasteiger partial charge in [0.2, 0.25) is 5.91 Å². The van der Waals surface area contributed by atoms with Gasteiger partial charge in [0.05, 0.1) is 22.8 Å². The number of carbonyl (C=O) groups is 1. The Hall–Kier alpha value is -1.97. The number of benzene rings is 1. The van der Waals surface area contributed by atoms with Crippen molar-refractivity contribution < 1.29 is 9.53 Å². The van der Waals surface area contributed by atoms with E-state index < -0.39 is 0 Å². The summed E-state index contributed by atoms with van der Waals surface area (Å²) < 4.78 is 7.82. The van der Waals surface area contributed by atoms with Crippen LogP contribution in [0.25, 0.3) is 10.9 Å². The summed E-state index contributed by atoms with van der Waals surface area (Å²) >= 11 is 12.5. The van der Waals surface area contributed by atoms with Gasteiger partial charge in [-0.05, 0) is 56.5 Å². The standard InChI is InChI=1S/C18H15Br2ClN4O3/c19-13-8-23-17(20)16-15(13)18(27)25(10-24-16)9-14(26)22-5-2-6-28-12-4-1-3-11(21)7-12/h1,3-4,7-8,10H,2,5-6,9H2,(H,22,26). The summed E-state index contributed by atoms with van der Waals surface area (Å²) in [7, 11) is 0. The summed E-state index contributed by atoms with van der Waals surface area (Å²) in [5.74, 6) is 0.397. The molecule has 0 bridgehead atoms. The molecule has 0 atom stereocenters. The van der Waals surface area contributed by atoms with Crippen molar-refractivity contribution in [1.29, 1.82) is 0 Å². The van der Waals surface area contributed by atoms with E-state index in [0.29, 0.717) is 50.3 Å². The minimum absolute atomic E-state index is 0.122. The predicted octanol–water partition coefficient (Wildman–Crippen LogP) is 3.56. The van der Waals surface area contributed by atoms with Crippen molar-refractivity contribution in [2.45, 2.75) is 13.0 Å². The molecule has 1 N–H and O–H groups in total. The van der Waals surface area contributed by atoms with Crippen LogP contribution in [0, 0.1) is 0 Å². The highest BCUT2D eigenvalue weighted by molar-refractivity contribution is 9.11. The van der Waals surface area contributed by atoms with Gasteiger partial charge in [-0.3, -0.25) is 14.2 Å². The molecule has 0 aliphatic heterocycles. The minimum Gasteiger partial charge on any atom is -0.493 e. The third-order valence-corrected chi connectivity index (χ3v) is 5.20. The van der Waals surface area contributed by atoms with Crippen molar-refractivity contribution in [2.75, 3.05) is 13.2 Å². The molecule has 2 aromatic heterocycles. The molecule has 146 valence electrons. The molecule has 0 spiro atoms. The Morgan fingerprint density at radius 3 is 2.89 bits per heavy atom. The highest BCUT2D eigenvalue weighted by Gasteiger charge is 2.13. The highest BCUT2D eigenvalue weighted by Crippen LogP contribution is 2.23. The summed E-state index contributed by atoms with van der Waals surface area (Å²) in [6, 6.07) is 7.12. The van der Waals surface area contributed by atoms with Crippen LogP contribution in [0.4, 0.5) is 0 Å². The number of pyridine rings is 1. The lowest BCUT2D eigenvalue weighted by Crippen LogP contribution is -2.33. The Kier molecular flexibility index (Phi) is 7.03. The van der Waals surface area contributed by atoms with Gasteiger partial charge in [-0.1, -0.05) is 17.7 Å². The van der Waals surface area contributed by atoms with E-state index in [-0.39, 0.29) is 18.0 Å². The van der Waals surface area contributed by atoms with Crippen LogP contribution in [-0.4, -0.2) is 33.6 Å². The second-order valence-electron chi connectivity index (χ2n) is 5.81. The van der Waals surface area contributed by atoms with Crippen molar-refractivity contribution in [3.05, 3.63) is 61.2 Å². The number of nitrogens with one attached hydrogen (secondary N) is 1. The van der Waals surface area contributed by atoms with Crippen LogP contribution in [0.5, 0.6) is 5.75 Å². The molecular weight excluding hydrogens is 515 g/mol. The Labute approximate surface area is 182 Å². The van der Waals surface area contributed by atoms with E-state index in [1.54, 1.807) is 12.1 Å². The summed E-state index contributed by atoms with van der Waals surface area (Å²) in [6.45, 7) is 0.740. The van der Waals surface area contributed by atoms with Gasteiger partial charge in [-0.25, -0.2) is 9.97 Å². The third-order valence-electron chi connectivity index (χ3n) is 3.79. The smallest absolute Gasteiger partial charge is 0.262 e. The van der Waals surface area contributed by atoms with Crippen LogP contribution in [0.3, 0.4) is 0 Å². The monoisotopic (exact) mass is 528 g/mol. The molecule has 1 amide bonds. The number of nitrogens with zero attached hydrogens (tertiary/aromatic N) is 3. The lowest BCUT2D eigenvalue weighted by Gasteiger charge is -2.10. The lowest BCUT2D eigenvalue weighted by atomic mass is 10.3. The van der Waals surface area contributed by atoms with E-state index in [4.69, 9.17) is 16.3 Å². The normalized spacial score (nSPS) is 10.8. The van der Waals surface area contributed by atoms with E-state index in [0.717, 1.165) is 0 Å². The first-order valence-corrected chi connectivity index (χ1v) is 10.3. The number of carbonyl (C=O) groups excluding carboxylic acids is 1. The molecule has 1 aromatic carbocycles. The Morgan fingerprint density at radius 2 is 2.11 bits per heavy atom. The van der Waals surface area contributed by atoms with Gasteiger partial charge in [0.25, 0.3) is 5.56 Å². The number of hydrogen-bond donors (Lipinski definition) is 1. The predicted molar refractivity (Wildman–Crippen MR) is 114 cm³/mol. The molecule has 7 nitrogen and oxygen atoms in total. The first-order chi connectivity index (χ1) is 13.5. The zero-order chi connectivity index (χ0) is 20.1. The molecule has 0 fully saturated rings. The average Bonchev–Trinajstić information content (AvgIpc) is 2.66. The van der Waals surface area contributed by atoms with E-state index in [1.807, 2.05) is 12.1 Å². The number of fused-ring (bicyclic) bond motifs is 1. The molecular formula is C18H15Br2ClN4O3. The van der Waals surface area contributed by atoms with Gasteiger partial charge in [-0.15, -0.1) is 0 Å². The van der Waals surface area contributed by atoms with Gasteiger partial charge < -0.3 is 10.1 Å². The number of amides is 1. The minimum atomic E-state index is -0.320. The summed E-state index contributed by atoms with van der Waals surface area (Å²) in [5, 5.41) is 3.74. The Balaban J connectivity index is 1.53. The second-order valence-corrected chi connectivity index (χ2v) is 7.85. The maximum atomic E-state index is 12.6. The molecule has 0 saturated carbocycles. The highest BCUT2D eigenvalue weighted by atomic mass is 79.9. The van der Waals surface area contributed by atoms with Crippen LogP contribution in [-0.2, 0) is 11.3 Å². The zero-order valence-corrected chi connectivity index (χ0v) is 18.4. The fourth-order valence-corrected chi connectivity index (χ4v) is 3.51. The van der Waals surface area contributed by atoms with Gasteiger partial charge >= 0.3 is 0 Å². The summed E-state index contributed by atoms with van der Waals surface area (Å²) in [4.78, 5) is 33.1. The van der Waals surface area contributed by atoms with E-state index >= 15 is 0 Å².